The van der Waals surface area contributed by atoms with Crippen LogP contribution in [0.3, 0.4) is 0 Å². The smallest absolute Gasteiger partial charge is 0.0595 e. The van der Waals surface area contributed by atoms with Crippen LogP contribution in [0.1, 0.15) is 5.69 Å². The molecule has 0 unspecified atom stereocenters. The maximum Gasteiger partial charge on any atom is 0.0595 e. The maximum atomic E-state index is 5.35. The summed E-state index contributed by atoms with van der Waals surface area (Å²) in [6, 6.07) is 35.2. The molecule has 0 N–H and O–H groups in total. The van der Waals surface area contributed by atoms with Crippen molar-refractivity contribution < 1.29 is 40.2 Å². The zero-order valence-corrected chi connectivity index (χ0v) is 20.7. The van der Waals surface area contributed by atoms with Gasteiger partial charge in [0.1, 0.15) is 0 Å². The largest absolute Gasteiger partial charge is 0.344 e. The van der Waals surface area contributed by atoms with Crippen LogP contribution in [0.15, 0.2) is 97.1 Å². The molecule has 5 rings (SSSR count). The van der Waals surface area contributed by atoms with Crippen molar-refractivity contribution in [2.75, 3.05) is 0 Å². The Hall–Kier alpha value is -2.48. The van der Waals surface area contributed by atoms with Gasteiger partial charge in [0.15, 0.2) is 0 Å². The first kappa shape index (κ1) is 23.8. The summed E-state index contributed by atoms with van der Waals surface area (Å²) in [6.07, 6.45) is 1.51. The molecule has 0 spiro atoms. The molecule has 0 aliphatic rings. The number of para-hydroxylation sites is 2. The van der Waals surface area contributed by atoms with Gasteiger partial charge in [-0.15, -0.1) is 42.0 Å². The van der Waals surface area contributed by atoms with Gasteiger partial charge in [-0.3, -0.25) is 11.6 Å². The van der Waals surface area contributed by atoms with Crippen molar-refractivity contribution in [2.45, 2.75) is 0 Å². The topological polar surface area (TPSA) is 25.8 Å². The molecular weight excluding hydrogens is 725 g/mol. The van der Waals surface area contributed by atoms with Gasteiger partial charge in [0.2, 0.25) is 0 Å². The van der Waals surface area contributed by atoms with Gasteiger partial charge in [0.25, 0.3) is 0 Å². The van der Waals surface area contributed by atoms with Crippen LogP contribution in [0.4, 0.5) is 0 Å². The Morgan fingerprint density at radius 2 is 1.23 bits per heavy atom. The average molecular weight is 743 g/mol. The second-order valence-corrected chi connectivity index (χ2v) is 6.26. The van der Waals surface area contributed by atoms with Crippen molar-refractivity contribution in [1.29, 1.82) is 0 Å². The number of nitrogens with zero attached hydrogens (tertiary/aromatic N) is 2. The molecule has 4 heteroatoms. The van der Waals surface area contributed by atoms with Crippen LogP contribution in [-0.4, -0.2) is 9.97 Å². The Kier molecular flexibility index (Phi) is 9.23. The summed E-state index contributed by atoms with van der Waals surface area (Å²) < 4.78 is 0. The minimum atomic E-state index is 0. The fourth-order valence-corrected chi connectivity index (χ4v) is 2.94. The van der Waals surface area contributed by atoms with Crippen molar-refractivity contribution in [2.24, 2.45) is 0 Å². The van der Waals surface area contributed by atoms with E-state index >= 15 is 0 Å². The van der Waals surface area contributed by atoms with Crippen molar-refractivity contribution in [1.82, 2.24) is 9.97 Å². The van der Waals surface area contributed by atoms with Crippen LogP contribution in [0.5, 0.6) is 0 Å². The van der Waals surface area contributed by atoms with Gasteiger partial charge in [-0.05, 0) is 28.6 Å². The summed E-state index contributed by atoms with van der Waals surface area (Å²) in [5.41, 5.74) is 4.83. The van der Waals surface area contributed by atoms with Crippen LogP contribution in [0.2, 0.25) is 0 Å². The van der Waals surface area contributed by atoms with Gasteiger partial charge in [-0.25, -0.2) is 6.08 Å². The zero-order valence-electron chi connectivity index (χ0n) is 16.0. The van der Waals surface area contributed by atoms with E-state index in [1.807, 2.05) is 84.9 Å². The third-order valence-electron chi connectivity index (χ3n) is 4.37. The molecule has 2 nitrogen and oxygen atoms in total. The van der Waals surface area contributed by atoms with Crippen molar-refractivity contribution in [3.8, 4) is 11.3 Å². The minimum absolute atomic E-state index is 0. The summed E-state index contributed by atoms with van der Waals surface area (Å²) in [5, 5.41) is 2.31. The van der Waals surface area contributed by atoms with Crippen molar-refractivity contribution in [3.05, 3.63) is 115 Å². The quantitative estimate of drug-likeness (QED) is 0.197. The third kappa shape index (κ3) is 5.78. The van der Waals surface area contributed by atoms with E-state index in [-0.39, 0.29) is 40.2 Å². The van der Waals surface area contributed by atoms with Crippen LogP contribution in [-0.2, 0) is 40.2 Å². The average Bonchev–Trinajstić information content (AvgIpc) is 2.79. The molecule has 2 radical (unpaired) electrons. The summed E-state index contributed by atoms with van der Waals surface area (Å²) in [6.45, 7) is 5.35. The Balaban J connectivity index is 0.000000207. The van der Waals surface area contributed by atoms with Gasteiger partial charge in [0.05, 0.1) is 5.52 Å². The normalized spacial score (nSPS) is 9.60. The van der Waals surface area contributed by atoms with Gasteiger partial charge in [0, 0.05) is 45.7 Å². The van der Waals surface area contributed by atoms with Crippen molar-refractivity contribution >= 4 is 27.9 Å². The molecule has 0 saturated heterocycles. The predicted molar refractivity (Wildman–Crippen MR) is 117 cm³/mol. The van der Waals surface area contributed by atoms with E-state index in [0.717, 1.165) is 33.4 Å². The van der Waals surface area contributed by atoms with E-state index in [1.165, 1.54) is 11.5 Å². The fraction of sp³-hybridized carbons (Fsp3) is 0. The van der Waals surface area contributed by atoms with E-state index < -0.39 is 0 Å². The van der Waals surface area contributed by atoms with Crippen LogP contribution in [0, 0.1) is 12.6 Å². The van der Waals surface area contributed by atoms with E-state index in [4.69, 9.17) is 6.58 Å². The molecular formula is C26H18Ir2N2-2. The molecule has 2 aromatic heterocycles. The van der Waals surface area contributed by atoms with Gasteiger partial charge in [-0.2, -0.15) is 0 Å². The second kappa shape index (κ2) is 11.6. The summed E-state index contributed by atoms with van der Waals surface area (Å²) in [7, 11) is 0. The Morgan fingerprint density at radius 1 is 0.633 bits per heavy atom. The van der Waals surface area contributed by atoms with E-state index in [9.17, 15) is 0 Å². The number of benzene rings is 3. The number of pyridine rings is 2. The molecule has 0 atom stereocenters. The second-order valence-electron chi connectivity index (χ2n) is 6.26. The number of aromatic nitrogens is 2. The molecule has 0 amide bonds. The monoisotopic (exact) mass is 744 g/mol. The zero-order chi connectivity index (χ0) is 19.2. The molecule has 5 aromatic rings. The first-order chi connectivity index (χ1) is 13.8. The molecule has 0 fully saturated rings. The van der Waals surface area contributed by atoms with E-state index in [2.05, 4.69) is 28.2 Å². The van der Waals surface area contributed by atoms with Crippen LogP contribution >= 0.6 is 0 Å². The van der Waals surface area contributed by atoms with Gasteiger partial charge >= 0.3 is 0 Å². The summed E-state index contributed by atoms with van der Waals surface area (Å²) in [4.78, 5) is 8.93. The van der Waals surface area contributed by atoms with Gasteiger partial charge in [-0.1, -0.05) is 60.3 Å². The maximum absolute atomic E-state index is 5.35. The summed E-state index contributed by atoms with van der Waals surface area (Å²) >= 11 is 0. The molecule has 30 heavy (non-hydrogen) atoms. The third-order valence-corrected chi connectivity index (χ3v) is 4.37. The SMILES string of the molecule is [CH-]=Cc1ccc2ccccc2n1.[Ir].[Ir].[c-]1ccccc1-c1ccc2ccccc2n1. The van der Waals surface area contributed by atoms with Crippen LogP contribution in [0.25, 0.3) is 39.1 Å². The first-order valence-electron chi connectivity index (χ1n) is 9.07. The van der Waals surface area contributed by atoms with Crippen LogP contribution < -0.4 is 0 Å². The Bertz CT molecular complexity index is 1240. The number of hydrogen-bond donors (Lipinski definition) is 0. The van der Waals surface area contributed by atoms with Gasteiger partial charge < -0.3 is 4.98 Å². The standard InChI is InChI=1S/C15H10N.C11H8N.2Ir/c1-2-6-12(7-3-1)15-11-10-13-8-4-5-9-14(13)16-15;1-2-10-8-7-9-5-3-4-6-11(9)12-10;;/h1-6,8-11H;1-8H;;/q2*-1;;. The molecule has 0 aliphatic heterocycles. The molecule has 2 heterocycles. The Morgan fingerprint density at radius 3 is 1.87 bits per heavy atom. The number of fused-ring (bicyclic) bond motifs is 2. The number of hydrogen-bond acceptors (Lipinski definition) is 2. The minimum Gasteiger partial charge on any atom is -0.344 e. The van der Waals surface area contributed by atoms with Crippen molar-refractivity contribution in [3.63, 3.8) is 0 Å². The molecule has 152 valence electrons. The molecule has 0 saturated carbocycles. The number of rotatable bonds is 2. The summed E-state index contributed by atoms with van der Waals surface area (Å²) in [5.74, 6) is 0. The van der Waals surface area contributed by atoms with E-state index in [1.54, 1.807) is 0 Å². The Labute approximate surface area is 203 Å². The molecule has 3 aromatic carbocycles. The molecule has 0 aliphatic carbocycles. The first-order valence-corrected chi connectivity index (χ1v) is 9.07. The molecule has 0 bridgehead atoms. The fourth-order valence-electron chi connectivity index (χ4n) is 2.94. The predicted octanol–water partition coefficient (Wildman–Crippen LogP) is 6.38. The van der Waals surface area contributed by atoms with E-state index in [0.29, 0.717) is 0 Å².